The Labute approximate surface area is 185 Å². The summed E-state index contributed by atoms with van der Waals surface area (Å²) in [6.45, 7) is 1.20. The molecule has 0 atom stereocenters. The van der Waals surface area contributed by atoms with Crippen LogP contribution in [-0.2, 0) is 0 Å². The van der Waals surface area contributed by atoms with E-state index >= 15 is 0 Å². The second kappa shape index (κ2) is 9.65. The number of carbonyl (C=O) groups is 1. The first-order valence-electron chi connectivity index (χ1n) is 10.3. The Morgan fingerprint density at radius 1 is 1.03 bits per heavy atom. The zero-order valence-corrected chi connectivity index (χ0v) is 17.4. The number of nitrogens with two attached hydrogens (primary N) is 1. The van der Waals surface area contributed by atoms with Crippen LogP contribution in [0.25, 0.3) is 28.2 Å². The van der Waals surface area contributed by atoms with Gasteiger partial charge in [0.1, 0.15) is 5.75 Å². The number of hydrogen-bond acceptors (Lipinski definition) is 6. The number of rotatable bonds is 8. The molecule has 4 aromatic rings. The standard InChI is InChI=1S/C24H24N6O2/c25-10-13-26-11-5-12-27-24(32)21-16-23-28-20(17-6-2-1-3-7-17)15-22(30(23)29-21)18-8-4-9-19(31)14-18/h1-4,6-10,13-16,26,31H,5,11-12,25H2,(H,27,32)/b13-10-. The second-order valence-corrected chi connectivity index (χ2v) is 7.17. The summed E-state index contributed by atoms with van der Waals surface area (Å²) in [4.78, 5) is 17.4. The maximum atomic E-state index is 12.7. The van der Waals surface area contributed by atoms with Gasteiger partial charge < -0.3 is 21.5 Å². The highest BCUT2D eigenvalue weighted by Gasteiger charge is 2.16. The molecule has 0 bridgehead atoms. The van der Waals surface area contributed by atoms with Gasteiger partial charge in [-0.15, -0.1) is 0 Å². The first-order chi connectivity index (χ1) is 15.7. The van der Waals surface area contributed by atoms with Crippen LogP contribution >= 0.6 is 0 Å². The summed E-state index contributed by atoms with van der Waals surface area (Å²) in [7, 11) is 0. The average molecular weight is 428 g/mol. The molecule has 8 nitrogen and oxygen atoms in total. The van der Waals surface area contributed by atoms with Crippen molar-refractivity contribution in [3.05, 3.63) is 84.8 Å². The monoisotopic (exact) mass is 428 g/mol. The molecule has 4 rings (SSSR count). The van der Waals surface area contributed by atoms with Crippen molar-refractivity contribution in [1.82, 2.24) is 25.2 Å². The summed E-state index contributed by atoms with van der Waals surface area (Å²) in [5.41, 5.74) is 9.28. The van der Waals surface area contributed by atoms with Crippen LogP contribution in [0.2, 0.25) is 0 Å². The van der Waals surface area contributed by atoms with Gasteiger partial charge in [-0.2, -0.15) is 5.10 Å². The average Bonchev–Trinajstić information content (AvgIpc) is 3.25. The molecule has 0 aliphatic rings. The number of benzene rings is 2. The van der Waals surface area contributed by atoms with E-state index in [1.165, 1.54) is 6.20 Å². The van der Waals surface area contributed by atoms with Gasteiger partial charge in [-0.3, -0.25) is 4.79 Å². The lowest BCUT2D eigenvalue weighted by atomic mass is 10.1. The molecule has 2 aromatic heterocycles. The molecular weight excluding hydrogens is 404 g/mol. The van der Waals surface area contributed by atoms with Crippen molar-refractivity contribution in [2.75, 3.05) is 13.1 Å². The van der Waals surface area contributed by atoms with Crippen molar-refractivity contribution in [2.45, 2.75) is 6.42 Å². The predicted octanol–water partition coefficient (Wildman–Crippen LogP) is 2.91. The number of aromatic nitrogens is 3. The van der Waals surface area contributed by atoms with Crippen molar-refractivity contribution in [1.29, 1.82) is 0 Å². The predicted molar refractivity (Wildman–Crippen MR) is 124 cm³/mol. The molecule has 0 aliphatic carbocycles. The fourth-order valence-corrected chi connectivity index (χ4v) is 3.35. The third-order valence-electron chi connectivity index (χ3n) is 4.87. The molecule has 0 saturated carbocycles. The second-order valence-electron chi connectivity index (χ2n) is 7.17. The molecule has 32 heavy (non-hydrogen) atoms. The molecule has 5 N–H and O–H groups in total. The quantitative estimate of drug-likeness (QED) is 0.321. The van der Waals surface area contributed by atoms with Gasteiger partial charge in [0.15, 0.2) is 11.3 Å². The zero-order valence-electron chi connectivity index (χ0n) is 17.4. The molecule has 2 aromatic carbocycles. The maximum absolute atomic E-state index is 12.7. The van der Waals surface area contributed by atoms with Crippen LogP contribution in [-0.4, -0.2) is 38.7 Å². The molecule has 0 radical (unpaired) electrons. The van der Waals surface area contributed by atoms with Crippen molar-refractivity contribution in [3.8, 4) is 28.3 Å². The van der Waals surface area contributed by atoms with Crippen molar-refractivity contribution in [2.24, 2.45) is 5.73 Å². The minimum absolute atomic E-state index is 0.150. The number of amides is 1. The normalized spacial score (nSPS) is 11.1. The van der Waals surface area contributed by atoms with E-state index in [1.54, 1.807) is 35.0 Å². The first kappa shape index (κ1) is 20.9. The molecule has 2 heterocycles. The number of nitrogens with one attached hydrogen (secondary N) is 2. The zero-order chi connectivity index (χ0) is 22.3. The maximum Gasteiger partial charge on any atom is 0.271 e. The highest BCUT2D eigenvalue weighted by atomic mass is 16.3. The van der Waals surface area contributed by atoms with Crippen LogP contribution in [0.4, 0.5) is 0 Å². The van der Waals surface area contributed by atoms with Crippen molar-refractivity contribution >= 4 is 11.6 Å². The number of hydrogen-bond donors (Lipinski definition) is 4. The van der Waals surface area contributed by atoms with E-state index in [4.69, 9.17) is 10.7 Å². The van der Waals surface area contributed by atoms with E-state index in [1.807, 2.05) is 42.5 Å². The highest BCUT2D eigenvalue weighted by molar-refractivity contribution is 5.93. The molecule has 162 valence electrons. The summed E-state index contributed by atoms with van der Waals surface area (Å²) in [6.07, 6.45) is 3.83. The molecule has 0 saturated heterocycles. The molecule has 0 spiro atoms. The smallest absolute Gasteiger partial charge is 0.271 e. The molecule has 0 unspecified atom stereocenters. The lowest BCUT2D eigenvalue weighted by Gasteiger charge is -2.09. The van der Waals surface area contributed by atoms with Crippen LogP contribution in [0, 0.1) is 0 Å². The third-order valence-corrected chi connectivity index (χ3v) is 4.87. The van der Waals surface area contributed by atoms with Crippen LogP contribution < -0.4 is 16.4 Å². The Kier molecular flexibility index (Phi) is 6.31. The van der Waals surface area contributed by atoms with Crippen LogP contribution in [0.5, 0.6) is 5.75 Å². The Bertz CT molecular complexity index is 1250. The van der Waals surface area contributed by atoms with E-state index in [0.717, 1.165) is 28.9 Å². The number of aromatic hydroxyl groups is 1. The summed E-state index contributed by atoms with van der Waals surface area (Å²) in [6, 6.07) is 20.3. The van der Waals surface area contributed by atoms with Gasteiger partial charge in [-0.1, -0.05) is 42.5 Å². The lowest BCUT2D eigenvalue weighted by Crippen LogP contribution is -2.26. The van der Waals surface area contributed by atoms with E-state index in [2.05, 4.69) is 15.7 Å². The molecular formula is C24H24N6O2. The lowest BCUT2D eigenvalue weighted by molar-refractivity contribution is 0.0948. The van der Waals surface area contributed by atoms with Gasteiger partial charge in [-0.05, 0) is 24.6 Å². The summed E-state index contributed by atoms with van der Waals surface area (Å²) >= 11 is 0. The van der Waals surface area contributed by atoms with E-state index in [9.17, 15) is 9.90 Å². The summed E-state index contributed by atoms with van der Waals surface area (Å²) < 4.78 is 1.63. The van der Waals surface area contributed by atoms with Crippen molar-refractivity contribution < 1.29 is 9.90 Å². The first-order valence-corrected chi connectivity index (χ1v) is 10.3. The summed E-state index contributed by atoms with van der Waals surface area (Å²) in [5.74, 6) is -0.120. The molecule has 8 heteroatoms. The third kappa shape index (κ3) is 4.70. The molecule has 0 fully saturated rings. The Morgan fingerprint density at radius 2 is 1.84 bits per heavy atom. The Balaban J connectivity index is 1.67. The van der Waals surface area contributed by atoms with E-state index in [0.29, 0.717) is 18.7 Å². The fraction of sp³-hybridized carbons (Fsp3) is 0.125. The van der Waals surface area contributed by atoms with Gasteiger partial charge in [-0.25, -0.2) is 9.50 Å². The number of phenolic OH excluding ortho intramolecular Hbond substituents is 1. The largest absolute Gasteiger partial charge is 0.508 e. The van der Waals surface area contributed by atoms with Crippen LogP contribution in [0.15, 0.2) is 79.1 Å². The van der Waals surface area contributed by atoms with Gasteiger partial charge in [0, 0.05) is 42.7 Å². The molecule has 1 amide bonds. The van der Waals surface area contributed by atoms with Gasteiger partial charge in [0.25, 0.3) is 5.91 Å². The minimum Gasteiger partial charge on any atom is -0.508 e. The topological polar surface area (TPSA) is 118 Å². The van der Waals surface area contributed by atoms with Crippen LogP contribution in [0.1, 0.15) is 16.9 Å². The van der Waals surface area contributed by atoms with E-state index < -0.39 is 0 Å². The summed E-state index contributed by atoms with van der Waals surface area (Å²) in [5, 5.41) is 20.4. The number of phenols is 1. The van der Waals surface area contributed by atoms with Crippen LogP contribution in [0.3, 0.4) is 0 Å². The van der Waals surface area contributed by atoms with Gasteiger partial charge >= 0.3 is 0 Å². The van der Waals surface area contributed by atoms with Crippen molar-refractivity contribution in [3.63, 3.8) is 0 Å². The number of nitrogens with zero attached hydrogens (tertiary/aromatic N) is 3. The number of fused-ring (bicyclic) bond motifs is 1. The highest BCUT2D eigenvalue weighted by Crippen LogP contribution is 2.28. The van der Waals surface area contributed by atoms with E-state index in [-0.39, 0.29) is 17.4 Å². The van der Waals surface area contributed by atoms with Gasteiger partial charge in [0.2, 0.25) is 0 Å². The SMILES string of the molecule is N/C=C\NCCCNC(=O)c1cc2nc(-c3ccccc3)cc(-c3cccc(O)c3)n2n1. The molecule has 0 aliphatic heterocycles. The minimum atomic E-state index is -0.270. The Morgan fingerprint density at radius 3 is 2.62 bits per heavy atom. The van der Waals surface area contributed by atoms with Gasteiger partial charge in [0.05, 0.1) is 11.4 Å². The Hall–Kier alpha value is -4.33. The number of carbonyl (C=O) groups excluding carboxylic acids is 1. The fourth-order valence-electron chi connectivity index (χ4n) is 3.35.